The molecule has 23 heavy (non-hydrogen) atoms. The number of rotatable bonds is 3. The quantitative estimate of drug-likeness (QED) is 0.801. The lowest BCUT2D eigenvalue weighted by molar-refractivity contribution is 0.102. The number of hydrogen-bond donors (Lipinski definition) is 1. The molecule has 0 aliphatic rings. The summed E-state index contributed by atoms with van der Waals surface area (Å²) < 4.78 is 28.0. The first kappa shape index (κ1) is 14.9. The van der Waals surface area contributed by atoms with Gasteiger partial charge in [0.15, 0.2) is 5.69 Å². The maximum Gasteiger partial charge on any atom is 0.276 e. The van der Waals surface area contributed by atoms with Crippen LogP contribution in [-0.4, -0.2) is 15.7 Å². The molecular weight excluding hydrogens is 300 g/mol. The van der Waals surface area contributed by atoms with Gasteiger partial charge in [-0.1, -0.05) is 6.07 Å². The van der Waals surface area contributed by atoms with Gasteiger partial charge in [-0.15, -0.1) is 0 Å². The van der Waals surface area contributed by atoms with Gasteiger partial charge in [0, 0.05) is 6.20 Å². The van der Waals surface area contributed by atoms with E-state index in [9.17, 15) is 13.6 Å². The van der Waals surface area contributed by atoms with E-state index in [1.165, 1.54) is 28.9 Å². The molecular formula is C17H13F2N3O. The zero-order valence-electron chi connectivity index (χ0n) is 12.3. The van der Waals surface area contributed by atoms with Crippen molar-refractivity contribution in [2.45, 2.75) is 6.92 Å². The Balaban J connectivity index is 1.81. The molecule has 0 radical (unpaired) electrons. The fraction of sp³-hybridized carbons (Fsp3) is 0.0588. The average molecular weight is 313 g/mol. The maximum atomic E-state index is 13.7. The molecule has 3 aromatic rings. The Morgan fingerprint density at radius 2 is 1.83 bits per heavy atom. The molecule has 0 unspecified atom stereocenters. The molecule has 0 saturated heterocycles. The summed E-state index contributed by atoms with van der Waals surface area (Å²) in [7, 11) is 0. The van der Waals surface area contributed by atoms with Gasteiger partial charge in [-0.05, 0) is 55.0 Å². The average Bonchev–Trinajstić information content (AvgIpc) is 3.02. The highest BCUT2D eigenvalue weighted by molar-refractivity contribution is 6.02. The van der Waals surface area contributed by atoms with Crippen LogP contribution in [0.3, 0.4) is 0 Å². The summed E-state index contributed by atoms with van der Waals surface area (Å²) in [6.45, 7) is 1.80. The number of carbonyl (C=O) groups excluding carboxylic acids is 1. The lowest BCUT2D eigenvalue weighted by atomic mass is 10.2. The van der Waals surface area contributed by atoms with E-state index in [4.69, 9.17) is 0 Å². The summed E-state index contributed by atoms with van der Waals surface area (Å²) >= 11 is 0. The van der Waals surface area contributed by atoms with Crippen LogP contribution < -0.4 is 5.32 Å². The van der Waals surface area contributed by atoms with E-state index >= 15 is 0 Å². The summed E-state index contributed by atoms with van der Waals surface area (Å²) in [5.74, 6) is -1.38. The van der Waals surface area contributed by atoms with E-state index in [2.05, 4.69) is 10.4 Å². The molecule has 1 amide bonds. The van der Waals surface area contributed by atoms with Crippen molar-refractivity contribution >= 4 is 11.6 Å². The molecule has 3 rings (SSSR count). The van der Waals surface area contributed by atoms with E-state index in [1.807, 2.05) is 0 Å². The summed E-state index contributed by atoms with van der Waals surface area (Å²) in [6.07, 6.45) is 1.58. The minimum atomic E-state index is -0.518. The minimum absolute atomic E-state index is 0.103. The van der Waals surface area contributed by atoms with Crippen LogP contribution >= 0.6 is 0 Å². The number of hydrogen-bond acceptors (Lipinski definition) is 2. The summed E-state index contributed by atoms with van der Waals surface area (Å²) in [4.78, 5) is 12.2. The van der Waals surface area contributed by atoms with Crippen LogP contribution in [0.1, 0.15) is 16.1 Å². The van der Waals surface area contributed by atoms with Crippen molar-refractivity contribution in [3.8, 4) is 5.69 Å². The third kappa shape index (κ3) is 3.26. The van der Waals surface area contributed by atoms with Gasteiger partial charge < -0.3 is 5.32 Å². The van der Waals surface area contributed by atoms with E-state index in [1.54, 1.807) is 37.4 Å². The van der Waals surface area contributed by atoms with E-state index in [0.717, 1.165) is 5.56 Å². The van der Waals surface area contributed by atoms with Crippen LogP contribution in [0, 0.1) is 18.6 Å². The van der Waals surface area contributed by atoms with Crippen molar-refractivity contribution in [1.29, 1.82) is 0 Å². The minimum Gasteiger partial charge on any atom is -0.318 e. The van der Waals surface area contributed by atoms with Gasteiger partial charge in [-0.3, -0.25) is 4.79 Å². The summed E-state index contributed by atoms with van der Waals surface area (Å²) in [6, 6.07) is 11.7. The Morgan fingerprint density at radius 1 is 1.09 bits per heavy atom. The SMILES string of the molecule is Cc1ccc(F)c(NC(=O)c2ccn(-c3ccc(F)cc3)n2)c1. The first-order valence-electron chi connectivity index (χ1n) is 6.92. The van der Waals surface area contributed by atoms with E-state index in [-0.39, 0.29) is 17.2 Å². The fourth-order valence-corrected chi connectivity index (χ4v) is 2.10. The van der Waals surface area contributed by atoms with Crippen LogP contribution in [0.15, 0.2) is 54.7 Å². The molecule has 2 aromatic carbocycles. The predicted molar refractivity (Wildman–Crippen MR) is 82.6 cm³/mol. The summed E-state index contributed by atoms with van der Waals surface area (Å²) in [5.41, 5.74) is 1.69. The lowest BCUT2D eigenvalue weighted by Gasteiger charge is -2.06. The van der Waals surface area contributed by atoms with Crippen LogP contribution in [0.2, 0.25) is 0 Å². The van der Waals surface area contributed by atoms with Gasteiger partial charge in [0.05, 0.1) is 11.4 Å². The van der Waals surface area contributed by atoms with Gasteiger partial charge in [0.25, 0.3) is 5.91 Å². The Labute approximate surface area is 131 Å². The Bertz CT molecular complexity index is 857. The molecule has 0 spiro atoms. The lowest BCUT2D eigenvalue weighted by Crippen LogP contribution is -2.14. The third-order valence-corrected chi connectivity index (χ3v) is 3.28. The second-order valence-corrected chi connectivity index (χ2v) is 5.06. The number of anilines is 1. The van der Waals surface area contributed by atoms with Crippen LogP contribution in [-0.2, 0) is 0 Å². The van der Waals surface area contributed by atoms with Crippen molar-refractivity contribution in [1.82, 2.24) is 9.78 Å². The number of carbonyl (C=O) groups is 1. The Hall–Kier alpha value is -3.02. The molecule has 1 aromatic heterocycles. The maximum absolute atomic E-state index is 13.7. The van der Waals surface area contributed by atoms with Crippen molar-refractivity contribution in [3.63, 3.8) is 0 Å². The largest absolute Gasteiger partial charge is 0.318 e. The Morgan fingerprint density at radius 3 is 2.57 bits per heavy atom. The molecule has 0 fully saturated rings. The predicted octanol–water partition coefficient (Wildman–Crippen LogP) is 3.71. The number of aromatic nitrogens is 2. The second kappa shape index (κ2) is 6.00. The zero-order valence-corrected chi connectivity index (χ0v) is 12.3. The molecule has 1 N–H and O–H groups in total. The van der Waals surface area contributed by atoms with E-state index < -0.39 is 11.7 Å². The number of halogens is 2. The third-order valence-electron chi connectivity index (χ3n) is 3.28. The highest BCUT2D eigenvalue weighted by Crippen LogP contribution is 2.17. The highest BCUT2D eigenvalue weighted by atomic mass is 19.1. The number of benzene rings is 2. The molecule has 0 bridgehead atoms. The smallest absolute Gasteiger partial charge is 0.276 e. The van der Waals surface area contributed by atoms with Gasteiger partial charge >= 0.3 is 0 Å². The van der Waals surface area contributed by atoms with Gasteiger partial charge in [-0.2, -0.15) is 5.10 Å². The molecule has 1 heterocycles. The molecule has 0 saturated carbocycles. The monoisotopic (exact) mass is 313 g/mol. The number of nitrogens with one attached hydrogen (secondary N) is 1. The number of amides is 1. The van der Waals surface area contributed by atoms with Crippen LogP contribution in [0.25, 0.3) is 5.69 Å². The molecule has 116 valence electrons. The second-order valence-electron chi connectivity index (χ2n) is 5.06. The number of aryl methyl sites for hydroxylation is 1. The standard InChI is InChI=1S/C17H13F2N3O/c1-11-2-7-14(19)16(10-11)20-17(23)15-8-9-22(21-15)13-5-3-12(18)4-6-13/h2-10H,1H3,(H,20,23). The highest BCUT2D eigenvalue weighted by Gasteiger charge is 2.13. The molecule has 0 atom stereocenters. The van der Waals surface area contributed by atoms with Crippen LogP contribution in [0.4, 0.5) is 14.5 Å². The first-order valence-corrected chi connectivity index (χ1v) is 6.92. The van der Waals surface area contributed by atoms with Gasteiger partial charge in [-0.25, -0.2) is 13.5 Å². The van der Waals surface area contributed by atoms with E-state index in [0.29, 0.717) is 5.69 Å². The number of nitrogens with zero attached hydrogens (tertiary/aromatic N) is 2. The fourth-order valence-electron chi connectivity index (χ4n) is 2.10. The van der Waals surface area contributed by atoms with Crippen LogP contribution in [0.5, 0.6) is 0 Å². The molecule has 0 aliphatic carbocycles. The van der Waals surface area contributed by atoms with Crippen molar-refractivity contribution in [2.24, 2.45) is 0 Å². The summed E-state index contributed by atoms with van der Waals surface area (Å²) in [5, 5.41) is 6.61. The topological polar surface area (TPSA) is 46.9 Å². The zero-order chi connectivity index (χ0) is 16.4. The Kier molecular flexibility index (Phi) is 3.89. The normalized spacial score (nSPS) is 10.6. The molecule has 6 heteroatoms. The molecule has 4 nitrogen and oxygen atoms in total. The van der Waals surface area contributed by atoms with Crippen molar-refractivity contribution < 1.29 is 13.6 Å². The van der Waals surface area contributed by atoms with Crippen molar-refractivity contribution in [3.05, 3.63) is 77.6 Å². The van der Waals surface area contributed by atoms with Crippen molar-refractivity contribution in [2.75, 3.05) is 5.32 Å². The first-order chi connectivity index (χ1) is 11.0. The molecule has 0 aliphatic heterocycles. The van der Waals surface area contributed by atoms with Gasteiger partial charge in [0.1, 0.15) is 11.6 Å². The van der Waals surface area contributed by atoms with Gasteiger partial charge in [0.2, 0.25) is 0 Å².